The van der Waals surface area contributed by atoms with Gasteiger partial charge in [-0.05, 0) is 144 Å². The maximum atomic E-state index is 5.78. The summed E-state index contributed by atoms with van der Waals surface area (Å²) in [4.78, 5) is 0. The molecule has 0 aliphatic heterocycles. The lowest BCUT2D eigenvalue weighted by atomic mass is 9.84. The van der Waals surface area contributed by atoms with Gasteiger partial charge < -0.3 is 18.9 Å². The van der Waals surface area contributed by atoms with Gasteiger partial charge in [-0.2, -0.15) is 0 Å². The summed E-state index contributed by atoms with van der Waals surface area (Å²) in [6.45, 7) is 8.50. The summed E-state index contributed by atoms with van der Waals surface area (Å²) in [5.74, 6) is 3.69. The molecule has 0 saturated heterocycles. The van der Waals surface area contributed by atoms with Gasteiger partial charge in [0, 0.05) is 0 Å². The van der Waals surface area contributed by atoms with Crippen molar-refractivity contribution < 1.29 is 18.9 Å². The van der Waals surface area contributed by atoms with E-state index >= 15 is 0 Å². The molecule has 0 fully saturated rings. The van der Waals surface area contributed by atoms with Crippen LogP contribution in [0.2, 0.25) is 0 Å². The van der Waals surface area contributed by atoms with Crippen LogP contribution in [0.4, 0.5) is 0 Å². The number of rotatable bonds is 4. The highest BCUT2D eigenvalue weighted by atomic mass is 16.5. The molecular weight excluding hydrogens is 496 g/mol. The second kappa shape index (κ2) is 11.3. The summed E-state index contributed by atoms with van der Waals surface area (Å²) in [6, 6.07) is 18.1. The molecule has 0 heterocycles. The van der Waals surface area contributed by atoms with Crippen LogP contribution in [0.1, 0.15) is 66.8 Å². The third-order valence-electron chi connectivity index (χ3n) is 8.39. The van der Waals surface area contributed by atoms with Crippen molar-refractivity contribution in [2.75, 3.05) is 28.4 Å². The van der Waals surface area contributed by atoms with Gasteiger partial charge in [0.05, 0.1) is 28.4 Å². The van der Waals surface area contributed by atoms with Gasteiger partial charge in [-0.1, -0.05) is 24.3 Å². The first-order chi connectivity index (χ1) is 19.2. The van der Waals surface area contributed by atoms with Gasteiger partial charge in [-0.15, -0.1) is 0 Å². The summed E-state index contributed by atoms with van der Waals surface area (Å²) in [5.41, 5.74) is 15.0. The van der Waals surface area contributed by atoms with E-state index in [2.05, 4.69) is 76.2 Å². The largest absolute Gasteiger partial charge is 0.496 e. The van der Waals surface area contributed by atoms with Crippen LogP contribution in [0.3, 0.4) is 0 Å². The maximum Gasteiger partial charge on any atom is 0.122 e. The van der Waals surface area contributed by atoms with E-state index < -0.39 is 0 Å². The molecule has 1 aliphatic rings. The van der Waals surface area contributed by atoms with Crippen LogP contribution in [0.5, 0.6) is 23.0 Å². The predicted molar refractivity (Wildman–Crippen MR) is 162 cm³/mol. The van der Waals surface area contributed by atoms with Gasteiger partial charge in [-0.25, -0.2) is 0 Å². The molecule has 0 aromatic heterocycles. The second-order valence-electron chi connectivity index (χ2n) is 11.1. The summed E-state index contributed by atoms with van der Waals surface area (Å²) in [5, 5.41) is 0. The van der Waals surface area contributed by atoms with Gasteiger partial charge >= 0.3 is 0 Å². The van der Waals surface area contributed by atoms with E-state index in [1.54, 1.807) is 28.4 Å². The molecule has 1 aliphatic carbocycles. The molecule has 40 heavy (non-hydrogen) atoms. The number of benzene rings is 4. The molecule has 4 heteroatoms. The van der Waals surface area contributed by atoms with Crippen molar-refractivity contribution in [3.8, 4) is 23.0 Å². The number of methoxy groups -OCH3 is 4. The molecule has 5 rings (SSSR count). The molecular formula is C36H40O4. The van der Waals surface area contributed by atoms with E-state index in [9.17, 15) is 0 Å². The first-order valence-electron chi connectivity index (χ1n) is 13.9. The van der Waals surface area contributed by atoms with Crippen LogP contribution < -0.4 is 18.9 Å². The average molecular weight is 537 g/mol. The highest BCUT2D eigenvalue weighted by Gasteiger charge is 2.20. The number of ether oxygens (including phenoxy) is 4. The SMILES string of the molecule is COc1cc2c(cc1C)Cc1cc(OC)c(C)cc1Cc1cc(OC)c(C)cc1Cc1cc(OC)c(C)cc1C2. The Bertz CT molecular complexity index is 1340. The molecule has 4 nitrogen and oxygen atoms in total. The minimum absolute atomic E-state index is 0.814. The fourth-order valence-electron chi connectivity index (χ4n) is 6.18. The van der Waals surface area contributed by atoms with Crippen LogP contribution in [-0.4, -0.2) is 28.4 Å². The fourth-order valence-corrected chi connectivity index (χ4v) is 6.18. The lowest BCUT2D eigenvalue weighted by Crippen LogP contribution is -2.09. The van der Waals surface area contributed by atoms with Crippen molar-refractivity contribution in [3.63, 3.8) is 0 Å². The normalized spacial score (nSPS) is 12.6. The summed E-state index contributed by atoms with van der Waals surface area (Å²) >= 11 is 0. The second-order valence-corrected chi connectivity index (χ2v) is 11.1. The zero-order valence-corrected chi connectivity index (χ0v) is 25.1. The molecule has 0 amide bonds. The van der Waals surface area contributed by atoms with Crippen LogP contribution in [0.15, 0.2) is 48.5 Å². The molecule has 0 N–H and O–H groups in total. The van der Waals surface area contributed by atoms with Crippen LogP contribution in [0.25, 0.3) is 0 Å². The van der Waals surface area contributed by atoms with E-state index in [4.69, 9.17) is 18.9 Å². The maximum absolute atomic E-state index is 5.78. The molecule has 4 aromatic rings. The van der Waals surface area contributed by atoms with Crippen molar-refractivity contribution in [2.45, 2.75) is 53.4 Å². The first kappa shape index (κ1) is 27.6. The van der Waals surface area contributed by atoms with Crippen molar-refractivity contribution in [2.24, 2.45) is 0 Å². The number of hydrogen-bond donors (Lipinski definition) is 0. The Kier molecular flexibility index (Phi) is 7.80. The quantitative estimate of drug-likeness (QED) is 0.237. The van der Waals surface area contributed by atoms with E-state index in [1.807, 2.05) is 0 Å². The summed E-state index contributed by atoms with van der Waals surface area (Å²) in [6.07, 6.45) is 3.26. The molecule has 4 aromatic carbocycles. The monoisotopic (exact) mass is 536 g/mol. The minimum atomic E-state index is 0.814. The Labute approximate surface area is 238 Å². The third-order valence-corrected chi connectivity index (χ3v) is 8.39. The van der Waals surface area contributed by atoms with Crippen molar-refractivity contribution in [1.82, 2.24) is 0 Å². The van der Waals surface area contributed by atoms with Gasteiger partial charge in [0.25, 0.3) is 0 Å². The highest BCUT2D eigenvalue weighted by molar-refractivity contribution is 5.55. The third kappa shape index (κ3) is 5.28. The Morgan fingerprint density at radius 1 is 0.325 bits per heavy atom. The van der Waals surface area contributed by atoms with Crippen molar-refractivity contribution in [3.05, 3.63) is 115 Å². The van der Waals surface area contributed by atoms with Crippen LogP contribution >= 0.6 is 0 Å². The van der Waals surface area contributed by atoms with Gasteiger partial charge in [0.1, 0.15) is 23.0 Å². The smallest absolute Gasteiger partial charge is 0.122 e. The number of aryl methyl sites for hydroxylation is 4. The molecule has 0 atom stereocenters. The molecule has 0 unspecified atom stereocenters. The van der Waals surface area contributed by atoms with Crippen molar-refractivity contribution >= 4 is 0 Å². The Morgan fingerprint density at radius 2 is 0.500 bits per heavy atom. The Hall–Kier alpha value is -3.92. The zero-order valence-electron chi connectivity index (χ0n) is 25.1. The molecule has 0 radical (unpaired) electrons. The Morgan fingerprint density at radius 3 is 0.675 bits per heavy atom. The lowest BCUT2D eigenvalue weighted by Gasteiger charge is -2.23. The van der Waals surface area contributed by atoms with Gasteiger partial charge in [-0.3, -0.25) is 0 Å². The topological polar surface area (TPSA) is 36.9 Å². The molecule has 0 saturated carbocycles. The van der Waals surface area contributed by atoms with E-state index in [1.165, 1.54) is 44.5 Å². The average Bonchev–Trinajstić information content (AvgIpc) is 2.93. The molecule has 208 valence electrons. The minimum Gasteiger partial charge on any atom is -0.496 e. The summed E-state index contributed by atoms with van der Waals surface area (Å²) < 4.78 is 23.1. The zero-order chi connectivity index (χ0) is 28.6. The summed E-state index contributed by atoms with van der Waals surface area (Å²) in [7, 11) is 7.01. The molecule has 0 bridgehead atoms. The highest BCUT2D eigenvalue weighted by Crippen LogP contribution is 2.36. The number of hydrogen-bond acceptors (Lipinski definition) is 4. The Balaban J connectivity index is 1.80. The number of fused-ring (bicyclic) bond motifs is 4. The fraction of sp³-hybridized carbons (Fsp3) is 0.333. The molecule has 0 spiro atoms. The predicted octanol–water partition coefficient (Wildman–Crippen LogP) is 7.63. The first-order valence-corrected chi connectivity index (χ1v) is 13.9. The lowest BCUT2D eigenvalue weighted by molar-refractivity contribution is 0.410. The van der Waals surface area contributed by atoms with Gasteiger partial charge in [0.15, 0.2) is 0 Å². The van der Waals surface area contributed by atoms with Gasteiger partial charge in [0.2, 0.25) is 0 Å². The van der Waals surface area contributed by atoms with Crippen LogP contribution in [0, 0.1) is 27.7 Å². The van der Waals surface area contributed by atoms with E-state index in [0.29, 0.717) is 0 Å². The van der Waals surface area contributed by atoms with Crippen molar-refractivity contribution in [1.29, 1.82) is 0 Å². The standard InChI is InChI=1S/C36H40O4/c1-21-9-25-13-30-18-34(38-6)23(3)11-27(30)15-32-20-36(40-8)24(4)12-28(32)16-31-19-35(39-7)22(2)10-26(31)14-29(25)17-33(21)37-5/h9-12,17-20H,13-16H2,1-8H3. The van der Waals surface area contributed by atoms with Crippen LogP contribution in [-0.2, 0) is 25.7 Å². The van der Waals surface area contributed by atoms with E-state index in [0.717, 1.165) is 70.9 Å². The van der Waals surface area contributed by atoms with E-state index in [-0.39, 0.29) is 0 Å².